The van der Waals surface area contributed by atoms with Crippen LogP contribution in [-0.2, 0) is 10.0 Å². The van der Waals surface area contributed by atoms with E-state index < -0.39 is 10.0 Å². The molecule has 150 valence electrons. The normalized spacial score (nSPS) is 14.8. The van der Waals surface area contributed by atoms with E-state index in [0.29, 0.717) is 48.9 Å². The van der Waals surface area contributed by atoms with Crippen molar-refractivity contribution in [1.82, 2.24) is 9.88 Å². The van der Waals surface area contributed by atoms with Gasteiger partial charge >= 0.3 is 0 Å². The summed E-state index contributed by atoms with van der Waals surface area (Å²) in [4.78, 5) is 21.0. The minimum atomic E-state index is -3.39. The molecule has 0 unspecified atom stereocenters. The van der Waals surface area contributed by atoms with Crippen molar-refractivity contribution in [3.63, 3.8) is 0 Å². The van der Waals surface area contributed by atoms with E-state index in [4.69, 9.17) is 11.6 Å². The lowest BCUT2D eigenvalue weighted by molar-refractivity contribution is 0.0746. The minimum absolute atomic E-state index is 0.0475. The number of halogens is 1. The lowest BCUT2D eigenvalue weighted by Crippen LogP contribution is -2.49. The highest BCUT2D eigenvalue weighted by Gasteiger charge is 2.23. The molecule has 1 aliphatic rings. The average Bonchev–Trinajstić information content (AvgIpc) is 2.68. The topological polar surface area (TPSA) is 82.6 Å². The number of carbonyl (C=O) groups excluding carboxylic acids is 1. The highest BCUT2D eigenvalue weighted by molar-refractivity contribution is 7.92. The first-order valence-electron chi connectivity index (χ1n) is 9.14. The number of benzene rings is 1. The Kier molecular flexibility index (Phi) is 6.41. The third kappa shape index (κ3) is 5.14. The largest absolute Gasteiger partial charge is 0.353 e. The first-order valence-corrected chi connectivity index (χ1v) is 11.2. The molecule has 7 nitrogen and oxygen atoms in total. The fourth-order valence-electron chi connectivity index (χ4n) is 3.09. The van der Waals surface area contributed by atoms with Gasteiger partial charge in [-0.3, -0.25) is 9.52 Å². The number of aromatic nitrogens is 1. The average molecular weight is 423 g/mol. The Bertz CT molecular complexity index is 926. The third-order valence-electron chi connectivity index (χ3n) is 4.46. The van der Waals surface area contributed by atoms with Crippen LogP contribution in [0.15, 0.2) is 42.6 Å². The van der Waals surface area contributed by atoms with Crippen LogP contribution in [0.25, 0.3) is 0 Å². The summed E-state index contributed by atoms with van der Waals surface area (Å²) in [6.07, 6.45) is 2.14. The van der Waals surface area contributed by atoms with Crippen molar-refractivity contribution in [1.29, 1.82) is 0 Å². The molecule has 1 amide bonds. The molecule has 1 saturated heterocycles. The molecular formula is C19H23ClN4O3S. The summed E-state index contributed by atoms with van der Waals surface area (Å²) in [5.41, 5.74) is 0.873. The first-order chi connectivity index (χ1) is 13.4. The maximum absolute atomic E-state index is 12.8. The van der Waals surface area contributed by atoms with Gasteiger partial charge in [0.15, 0.2) is 0 Å². The van der Waals surface area contributed by atoms with Crippen molar-refractivity contribution in [3.8, 4) is 0 Å². The van der Waals surface area contributed by atoms with Gasteiger partial charge in [-0.15, -0.1) is 0 Å². The lowest BCUT2D eigenvalue weighted by atomic mass is 10.1. The maximum atomic E-state index is 12.8. The van der Waals surface area contributed by atoms with E-state index >= 15 is 0 Å². The number of hydrogen-bond acceptors (Lipinski definition) is 5. The molecule has 3 rings (SSSR count). The molecular weight excluding hydrogens is 400 g/mol. The number of nitrogens with one attached hydrogen (secondary N) is 1. The van der Waals surface area contributed by atoms with Crippen LogP contribution in [0.4, 0.5) is 11.5 Å². The number of rotatable bonds is 6. The van der Waals surface area contributed by atoms with E-state index in [1.54, 1.807) is 48.4 Å². The van der Waals surface area contributed by atoms with Crippen LogP contribution in [0, 0.1) is 0 Å². The van der Waals surface area contributed by atoms with Crippen LogP contribution >= 0.6 is 11.6 Å². The molecule has 9 heteroatoms. The second-order valence-electron chi connectivity index (χ2n) is 6.62. The second-order valence-corrected chi connectivity index (χ2v) is 8.89. The van der Waals surface area contributed by atoms with E-state index in [0.717, 1.165) is 5.82 Å². The number of sulfonamides is 1. The molecule has 2 heterocycles. The van der Waals surface area contributed by atoms with Gasteiger partial charge in [0.2, 0.25) is 10.0 Å². The van der Waals surface area contributed by atoms with Crippen molar-refractivity contribution in [2.75, 3.05) is 41.6 Å². The van der Waals surface area contributed by atoms with Gasteiger partial charge < -0.3 is 9.80 Å². The lowest BCUT2D eigenvalue weighted by Gasteiger charge is -2.35. The van der Waals surface area contributed by atoms with Crippen molar-refractivity contribution >= 4 is 39.0 Å². The van der Waals surface area contributed by atoms with Gasteiger partial charge in [0.25, 0.3) is 5.91 Å². The molecule has 0 saturated carbocycles. The van der Waals surface area contributed by atoms with Gasteiger partial charge in [-0.2, -0.15) is 0 Å². The standard InChI is InChI=1S/C19H23ClN4O3S/c1-2-12-28(26,27)22-17-5-3-4-15(13-17)19(25)24-10-8-23(9-11-24)18-7-6-16(20)14-21-18/h3-7,13-14,22H,2,8-12H2,1H3. The van der Waals surface area contributed by atoms with Crippen molar-refractivity contribution < 1.29 is 13.2 Å². The number of amides is 1. The quantitative estimate of drug-likeness (QED) is 0.773. The zero-order valence-electron chi connectivity index (χ0n) is 15.6. The number of anilines is 2. The molecule has 2 aromatic rings. The molecule has 1 aromatic heterocycles. The van der Waals surface area contributed by atoms with E-state index in [9.17, 15) is 13.2 Å². The molecule has 28 heavy (non-hydrogen) atoms. The summed E-state index contributed by atoms with van der Waals surface area (Å²) >= 11 is 5.88. The highest BCUT2D eigenvalue weighted by Crippen LogP contribution is 2.19. The van der Waals surface area contributed by atoms with Crippen LogP contribution in [0.1, 0.15) is 23.7 Å². The number of nitrogens with zero attached hydrogens (tertiary/aromatic N) is 3. The van der Waals surface area contributed by atoms with Gasteiger partial charge in [0, 0.05) is 43.6 Å². The van der Waals surface area contributed by atoms with E-state index in [2.05, 4.69) is 14.6 Å². The Labute approximate surface area is 170 Å². The Morgan fingerprint density at radius 1 is 1.18 bits per heavy atom. The number of pyridine rings is 1. The van der Waals surface area contributed by atoms with Crippen LogP contribution in [0.5, 0.6) is 0 Å². The fraction of sp³-hybridized carbons (Fsp3) is 0.368. The Hall–Kier alpha value is -2.32. The Balaban J connectivity index is 1.63. The maximum Gasteiger partial charge on any atom is 0.254 e. The number of carbonyl (C=O) groups is 1. The molecule has 0 atom stereocenters. The van der Waals surface area contributed by atoms with Gasteiger partial charge in [-0.25, -0.2) is 13.4 Å². The van der Waals surface area contributed by atoms with Crippen molar-refractivity contribution in [2.45, 2.75) is 13.3 Å². The van der Waals surface area contributed by atoms with E-state index in [-0.39, 0.29) is 11.7 Å². The summed E-state index contributed by atoms with van der Waals surface area (Å²) in [6, 6.07) is 10.3. The Morgan fingerprint density at radius 2 is 1.93 bits per heavy atom. The minimum Gasteiger partial charge on any atom is -0.353 e. The van der Waals surface area contributed by atoms with Crippen LogP contribution < -0.4 is 9.62 Å². The molecule has 1 fully saturated rings. The Morgan fingerprint density at radius 3 is 2.57 bits per heavy atom. The molecule has 0 aliphatic carbocycles. The summed E-state index contributed by atoms with van der Waals surface area (Å²) in [6.45, 7) is 4.27. The van der Waals surface area contributed by atoms with Gasteiger partial charge in [-0.05, 0) is 36.8 Å². The summed E-state index contributed by atoms with van der Waals surface area (Å²) in [7, 11) is -3.39. The zero-order chi connectivity index (χ0) is 20.1. The van der Waals surface area contributed by atoms with E-state index in [1.807, 2.05) is 6.07 Å². The highest BCUT2D eigenvalue weighted by atomic mass is 35.5. The summed E-state index contributed by atoms with van der Waals surface area (Å²) in [5, 5.41) is 0.590. The van der Waals surface area contributed by atoms with Crippen molar-refractivity contribution in [3.05, 3.63) is 53.2 Å². The van der Waals surface area contributed by atoms with Crippen LogP contribution in [-0.4, -0.2) is 56.1 Å². The summed E-state index contributed by atoms with van der Waals surface area (Å²) in [5.74, 6) is 0.773. The zero-order valence-corrected chi connectivity index (χ0v) is 17.2. The SMILES string of the molecule is CCCS(=O)(=O)Nc1cccc(C(=O)N2CCN(c3ccc(Cl)cn3)CC2)c1. The molecule has 1 N–H and O–H groups in total. The molecule has 1 aromatic carbocycles. The predicted octanol–water partition coefficient (Wildman–Crippen LogP) is 2.85. The monoisotopic (exact) mass is 422 g/mol. The first kappa shape index (κ1) is 20.4. The molecule has 1 aliphatic heterocycles. The summed E-state index contributed by atoms with van der Waals surface area (Å²) < 4.78 is 26.4. The van der Waals surface area contributed by atoms with Gasteiger partial charge in [0.05, 0.1) is 10.8 Å². The predicted molar refractivity (Wildman–Crippen MR) is 112 cm³/mol. The third-order valence-corrected chi connectivity index (χ3v) is 6.17. The molecule has 0 radical (unpaired) electrons. The number of piperazine rings is 1. The number of hydrogen-bond donors (Lipinski definition) is 1. The molecule has 0 bridgehead atoms. The second kappa shape index (κ2) is 8.79. The van der Waals surface area contributed by atoms with Crippen molar-refractivity contribution in [2.24, 2.45) is 0 Å². The van der Waals surface area contributed by atoms with Gasteiger partial charge in [0.1, 0.15) is 5.82 Å². The van der Waals surface area contributed by atoms with E-state index in [1.165, 1.54) is 0 Å². The smallest absolute Gasteiger partial charge is 0.254 e. The van der Waals surface area contributed by atoms with Gasteiger partial charge in [-0.1, -0.05) is 24.6 Å². The molecule has 0 spiro atoms. The van der Waals surface area contributed by atoms with Crippen LogP contribution in [0.2, 0.25) is 5.02 Å². The van der Waals surface area contributed by atoms with Crippen LogP contribution in [0.3, 0.4) is 0 Å². The fourth-order valence-corrected chi connectivity index (χ4v) is 4.33.